The zero-order valence-electron chi connectivity index (χ0n) is 13.1. The molecule has 0 saturated carbocycles. The molecule has 1 saturated heterocycles. The minimum Gasteiger partial charge on any atom is -0.468 e. The van der Waals surface area contributed by atoms with Gasteiger partial charge < -0.3 is 9.73 Å². The minimum atomic E-state index is 0.470. The van der Waals surface area contributed by atoms with E-state index in [4.69, 9.17) is 4.42 Å². The molecule has 1 N–H and O–H groups in total. The third-order valence-electron chi connectivity index (χ3n) is 4.51. The van der Waals surface area contributed by atoms with E-state index in [0.29, 0.717) is 6.04 Å². The summed E-state index contributed by atoms with van der Waals surface area (Å²) in [5.41, 5.74) is 1.20. The number of furan rings is 1. The molecule has 2 aromatic heterocycles. The number of benzene rings is 1. The number of aromatic nitrogens is 1. The van der Waals surface area contributed by atoms with E-state index in [0.717, 1.165) is 25.4 Å². The Morgan fingerprint density at radius 1 is 1.22 bits per heavy atom. The first-order valence-electron chi connectivity index (χ1n) is 8.22. The van der Waals surface area contributed by atoms with Crippen LogP contribution in [0, 0.1) is 0 Å². The molecule has 3 aromatic rings. The molecule has 1 atom stereocenters. The van der Waals surface area contributed by atoms with E-state index in [1.54, 1.807) is 6.26 Å². The third-order valence-corrected chi connectivity index (χ3v) is 4.51. The molecule has 118 valence electrons. The molecule has 0 amide bonds. The van der Waals surface area contributed by atoms with Crippen molar-refractivity contribution in [3.8, 4) is 0 Å². The molecule has 4 heteroatoms. The van der Waals surface area contributed by atoms with Gasteiger partial charge in [0.15, 0.2) is 0 Å². The maximum Gasteiger partial charge on any atom is 0.117 e. The summed E-state index contributed by atoms with van der Waals surface area (Å²) in [5.74, 6) is 1.04. The number of pyridine rings is 1. The fourth-order valence-corrected chi connectivity index (χ4v) is 3.41. The number of fused-ring (bicyclic) bond motifs is 1. The van der Waals surface area contributed by atoms with Crippen molar-refractivity contribution < 1.29 is 4.42 Å². The second-order valence-electron chi connectivity index (χ2n) is 6.20. The van der Waals surface area contributed by atoms with E-state index in [2.05, 4.69) is 45.5 Å². The first kappa shape index (κ1) is 14.3. The van der Waals surface area contributed by atoms with E-state index in [1.807, 2.05) is 18.5 Å². The van der Waals surface area contributed by atoms with Crippen molar-refractivity contribution in [3.63, 3.8) is 0 Å². The first-order valence-corrected chi connectivity index (χ1v) is 8.22. The van der Waals surface area contributed by atoms with Gasteiger partial charge in [0.05, 0.1) is 12.8 Å². The average Bonchev–Trinajstić information content (AvgIpc) is 3.09. The van der Waals surface area contributed by atoms with Crippen LogP contribution in [-0.4, -0.2) is 29.0 Å². The molecular weight excluding hydrogens is 286 g/mol. The fourth-order valence-electron chi connectivity index (χ4n) is 3.41. The van der Waals surface area contributed by atoms with Crippen molar-refractivity contribution >= 4 is 16.5 Å². The van der Waals surface area contributed by atoms with Gasteiger partial charge in [0, 0.05) is 41.4 Å². The second kappa shape index (κ2) is 6.42. The number of hydrogen-bond acceptors (Lipinski definition) is 4. The standard InChI is InChI=1S/C19H21N3O/c1-4-15-12-20-9-8-18(15)19(7-1)21-16-5-2-10-22(13-16)14-17-6-3-11-23-17/h1,3-4,6-9,11-12,16,21H,2,5,10,13-14H2. The highest BCUT2D eigenvalue weighted by Gasteiger charge is 2.20. The zero-order valence-corrected chi connectivity index (χ0v) is 13.1. The average molecular weight is 307 g/mol. The van der Waals surface area contributed by atoms with Crippen molar-refractivity contribution in [3.05, 3.63) is 60.8 Å². The molecule has 4 rings (SSSR count). The van der Waals surface area contributed by atoms with Gasteiger partial charge in [-0.2, -0.15) is 0 Å². The Hall–Kier alpha value is -2.33. The Morgan fingerprint density at radius 2 is 2.22 bits per heavy atom. The maximum atomic E-state index is 5.48. The lowest BCUT2D eigenvalue weighted by molar-refractivity contribution is 0.194. The van der Waals surface area contributed by atoms with Gasteiger partial charge in [-0.05, 0) is 43.7 Å². The number of likely N-dealkylation sites (tertiary alicyclic amines) is 1. The molecule has 3 heterocycles. The maximum absolute atomic E-state index is 5.48. The van der Waals surface area contributed by atoms with Crippen molar-refractivity contribution in [2.75, 3.05) is 18.4 Å². The molecule has 4 nitrogen and oxygen atoms in total. The predicted molar refractivity (Wildman–Crippen MR) is 92.4 cm³/mol. The number of piperidine rings is 1. The van der Waals surface area contributed by atoms with Gasteiger partial charge >= 0.3 is 0 Å². The molecule has 0 bridgehead atoms. The third kappa shape index (κ3) is 3.22. The molecule has 1 aliphatic rings. The number of nitrogens with one attached hydrogen (secondary N) is 1. The van der Waals surface area contributed by atoms with Crippen LogP contribution in [0.25, 0.3) is 10.8 Å². The van der Waals surface area contributed by atoms with E-state index in [9.17, 15) is 0 Å². The highest BCUT2D eigenvalue weighted by Crippen LogP contribution is 2.25. The van der Waals surface area contributed by atoms with Crippen molar-refractivity contribution in [1.82, 2.24) is 9.88 Å². The molecule has 1 fully saturated rings. The lowest BCUT2D eigenvalue weighted by Gasteiger charge is -2.33. The molecule has 0 radical (unpaired) electrons. The lowest BCUT2D eigenvalue weighted by Crippen LogP contribution is -2.41. The fraction of sp³-hybridized carbons (Fsp3) is 0.316. The largest absolute Gasteiger partial charge is 0.468 e. The predicted octanol–water partition coefficient (Wildman–Crippen LogP) is 3.90. The number of anilines is 1. The van der Waals surface area contributed by atoms with Crippen molar-refractivity contribution in [1.29, 1.82) is 0 Å². The Morgan fingerprint density at radius 3 is 3.13 bits per heavy atom. The van der Waals surface area contributed by atoms with Crippen LogP contribution >= 0.6 is 0 Å². The van der Waals surface area contributed by atoms with E-state index in [1.165, 1.54) is 29.3 Å². The van der Waals surface area contributed by atoms with Gasteiger partial charge in [-0.3, -0.25) is 9.88 Å². The van der Waals surface area contributed by atoms with Gasteiger partial charge in [-0.25, -0.2) is 0 Å². The summed E-state index contributed by atoms with van der Waals surface area (Å²) < 4.78 is 5.48. The zero-order chi connectivity index (χ0) is 15.5. The molecule has 1 aromatic carbocycles. The Balaban J connectivity index is 1.47. The summed E-state index contributed by atoms with van der Waals surface area (Å²) in [5, 5.41) is 6.16. The summed E-state index contributed by atoms with van der Waals surface area (Å²) in [6.07, 6.45) is 7.95. The van der Waals surface area contributed by atoms with Crippen LogP contribution in [0.15, 0.2) is 59.5 Å². The highest BCUT2D eigenvalue weighted by molar-refractivity contribution is 5.93. The minimum absolute atomic E-state index is 0.470. The summed E-state index contributed by atoms with van der Waals surface area (Å²) >= 11 is 0. The molecule has 1 aliphatic heterocycles. The molecule has 0 spiro atoms. The van der Waals surface area contributed by atoms with Gasteiger partial charge in [0.1, 0.15) is 5.76 Å². The van der Waals surface area contributed by atoms with Crippen LogP contribution < -0.4 is 5.32 Å². The number of nitrogens with zero attached hydrogens (tertiary/aromatic N) is 2. The van der Waals surface area contributed by atoms with Gasteiger partial charge in [0.25, 0.3) is 0 Å². The van der Waals surface area contributed by atoms with Crippen LogP contribution in [0.5, 0.6) is 0 Å². The van der Waals surface area contributed by atoms with E-state index < -0.39 is 0 Å². The van der Waals surface area contributed by atoms with E-state index >= 15 is 0 Å². The second-order valence-corrected chi connectivity index (χ2v) is 6.20. The van der Waals surface area contributed by atoms with Crippen LogP contribution in [0.2, 0.25) is 0 Å². The Kier molecular flexibility index (Phi) is 3.99. The molecular formula is C19H21N3O. The first-order chi connectivity index (χ1) is 11.4. The Bertz CT molecular complexity index is 764. The molecule has 23 heavy (non-hydrogen) atoms. The van der Waals surface area contributed by atoms with Crippen molar-refractivity contribution in [2.24, 2.45) is 0 Å². The van der Waals surface area contributed by atoms with Crippen LogP contribution in [0.3, 0.4) is 0 Å². The molecule has 1 unspecified atom stereocenters. The van der Waals surface area contributed by atoms with Gasteiger partial charge in [-0.1, -0.05) is 12.1 Å². The summed E-state index contributed by atoms with van der Waals surface area (Å²) in [7, 11) is 0. The normalized spacial score (nSPS) is 19.0. The van der Waals surface area contributed by atoms with E-state index in [-0.39, 0.29) is 0 Å². The van der Waals surface area contributed by atoms with Crippen LogP contribution in [0.4, 0.5) is 5.69 Å². The Labute approximate surface area is 136 Å². The highest BCUT2D eigenvalue weighted by atomic mass is 16.3. The van der Waals surface area contributed by atoms with Crippen LogP contribution in [-0.2, 0) is 6.54 Å². The lowest BCUT2D eigenvalue weighted by atomic mass is 10.0. The number of rotatable bonds is 4. The van der Waals surface area contributed by atoms with Gasteiger partial charge in [-0.15, -0.1) is 0 Å². The summed E-state index contributed by atoms with van der Waals surface area (Å²) in [6, 6.07) is 12.9. The number of hydrogen-bond donors (Lipinski definition) is 1. The van der Waals surface area contributed by atoms with Crippen molar-refractivity contribution in [2.45, 2.75) is 25.4 Å². The molecule has 0 aliphatic carbocycles. The monoisotopic (exact) mass is 307 g/mol. The smallest absolute Gasteiger partial charge is 0.117 e. The topological polar surface area (TPSA) is 41.3 Å². The SMILES string of the molecule is c1coc(CN2CCCC(Nc3cccc4cnccc34)C2)c1. The quantitative estimate of drug-likeness (QED) is 0.793. The summed E-state index contributed by atoms with van der Waals surface area (Å²) in [4.78, 5) is 6.67. The van der Waals surface area contributed by atoms with Crippen LogP contribution in [0.1, 0.15) is 18.6 Å². The summed E-state index contributed by atoms with van der Waals surface area (Å²) in [6.45, 7) is 3.07. The van der Waals surface area contributed by atoms with Gasteiger partial charge in [0.2, 0.25) is 0 Å².